The Morgan fingerprint density at radius 2 is 2.07 bits per heavy atom. The Balaban J connectivity index is 1.50. The summed E-state index contributed by atoms with van der Waals surface area (Å²) in [6, 6.07) is -0.250. The molecule has 1 amide bonds. The molecule has 11 heteroatoms. The average Bonchev–Trinajstić information content (AvgIpc) is 3.32. The van der Waals surface area contributed by atoms with Crippen LogP contribution in [0, 0.1) is 23.6 Å². The van der Waals surface area contributed by atoms with Gasteiger partial charge in [-0.1, -0.05) is 12.2 Å². The van der Waals surface area contributed by atoms with E-state index in [-0.39, 0.29) is 47.9 Å². The molecular formula is C19H25FN6O3S. The number of rotatable bonds is 7. The van der Waals surface area contributed by atoms with Crippen molar-refractivity contribution in [2.45, 2.75) is 37.0 Å². The first-order valence-corrected chi connectivity index (χ1v) is 11.5. The van der Waals surface area contributed by atoms with E-state index in [1.165, 1.54) is 7.05 Å². The van der Waals surface area contributed by atoms with E-state index in [1.807, 2.05) is 0 Å². The summed E-state index contributed by atoms with van der Waals surface area (Å²) in [5.74, 6) is -0.700. The summed E-state index contributed by atoms with van der Waals surface area (Å²) in [5.41, 5.74) is 6.19. The molecule has 4 rings (SSSR count). The molecule has 2 saturated carbocycles. The number of allylic oxidation sites excluding steroid dienone is 3. The van der Waals surface area contributed by atoms with Crippen LogP contribution in [0.1, 0.15) is 25.7 Å². The van der Waals surface area contributed by atoms with E-state index in [0.29, 0.717) is 5.70 Å². The quantitative estimate of drug-likeness (QED) is 0.502. The van der Waals surface area contributed by atoms with Crippen LogP contribution in [-0.4, -0.2) is 42.6 Å². The van der Waals surface area contributed by atoms with Crippen LogP contribution in [0.3, 0.4) is 0 Å². The molecule has 0 saturated heterocycles. The highest BCUT2D eigenvalue weighted by molar-refractivity contribution is 7.90. The minimum atomic E-state index is -3.47. The maximum Gasteiger partial charge on any atom is 0.229 e. The molecule has 0 radical (unpaired) electrons. The van der Waals surface area contributed by atoms with Crippen molar-refractivity contribution in [3.05, 3.63) is 35.9 Å². The van der Waals surface area contributed by atoms with E-state index in [4.69, 9.17) is 5.73 Å². The monoisotopic (exact) mass is 436 g/mol. The summed E-state index contributed by atoms with van der Waals surface area (Å²) in [5, 5.41) is 5.33. The Morgan fingerprint density at radius 1 is 1.30 bits per heavy atom. The van der Waals surface area contributed by atoms with Crippen LogP contribution in [0.15, 0.2) is 30.1 Å². The number of fused-ring (bicyclic) bond motifs is 2. The van der Waals surface area contributed by atoms with Crippen molar-refractivity contribution < 1.29 is 17.6 Å². The predicted molar refractivity (Wildman–Crippen MR) is 110 cm³/mol. The summed E-state index contributed by atoms with van der Waals surface area (Å²) < 4.78 is 40.8. The number of nitrogens with two attached hydrogens (primary N) is 1. The zero-order valence-electron chi connectivity index (χ0n) is 16.5. The highest BCUT2D eigenvalue weighted by Crippen LogP contribution is 2.49. The van der Waals surface area contributed by atoms with E-state index in [2.05, 4.69) is 25.3 Å². The Hall–Kier alpha value is -2.53. The molecule has 1 aromatic heterocycles. The molecule has 0 aromatic carbocycles. The van der Waals surface area contributed by atoms with Gasteiger partial charge in [0, 0.05) is 18.2 Å². The smallest absolute Gasteiger partial charge is 0.229 e. The molecule has 3 aliphatic carbocycles. The van der Waals surface area contributed by atoms with Gasteiger partial charge in [-0.2, -0.15) is 4.98 Å². The third-order valence-electron chi connectivity index (χ3n) is 6.29. The summed E-state index contributed by atoms with van der Waals surface area (Å²) in [7, 11) is -2.11. The number of nitrogens with zero attached hydrogens (tertiary/aromatic N) is 2. The number of nitrogens with one attached hydrogen (secondary N) is 3. The Kier molecular flexibility index (Phi) is 5.49. The molecule has 0 spiro atoms. The van der Waals surface area contributed by atoms with Crippen LogP contribution < -0.4 is 21.1 Å². The number of hydrogen-bond donors (Lipinski definition) is 4. The van der Waals surface area contributed by atoms with E-state index in [1.54, 1.807) is 18.2 Å². The zero-order valence-corrected chi connectivity index (χ0v) is 17.3. The lowest BCUT2D eigenvalue weighted by Gasteiger charge is -2.30. The molecule has 3 aliphatic rings. The number of primary amides is 1. The summed E-state index contributed by atoms with van der Waals surface area (Å²) in [6.07, 6.45) is 9.06. The first-order valence-electron chi connectivity index (χ1n) is 9.93. The molecule has 5 N–H and O–H groups in total. The van der Waals surface area contributed by atoms with Crippen LogP contribution in [0.4, 0.5) is 16.2 Å². The SMILES string of the molecule is CNS(=O)(=O)C1C=CC=C(Nc2ncc(F)c(N[C@@H]3[C@H]4CC[C@H](C4)[C@@H]3C(N)=O)n2)C1. The number of sulfonamides is 1. The molecule has 9 nitrogen and oxygen atoms in total. The van der Waals surface area contributed by atoms with Gasteiger partial charge in [0.15, 0.2) is 11.6 Å². The molecule has 30 heavy (non-hydrogen) atoms. The standard InChI is InChI=1S/C19H25FN6O3S/c1-22-30(28,29)13-4-2-3-12(8-13)24-19-23-9-14(20)18(26-19)25-16-11-6-5-10(7-11)15(16)17(21)27/h2-4,9-11,13,15-16,22H,5-8H2,1H3,(H2,21,27)(H2,23,24,25,26)/t10-,11+,13?,15+,16-/m1/s1. The van der Waals surface area contributed by atoms with Crippen molar-refractivity contribution >= 4 is 27.7 Å². The topological polar surface area (TPSA) is 139 Å². The van der Waals surface area contributed by atoms with Gasteiger partial charge in [0.25, 0.3) is 0 Å². The fourth-order valence-electron chi connectivity index (χ4n) is 4.84. The fraction of sp³-hybridized carbons (Fsp3) is 0.526. The molecule has 2 bridgehead atoms. The Labute approximate surface area is 174 Å². The second kappa shape index (κ2) is 7.95. The zero-order chi connectivity index (χ0) is 21.5. The second-order valence-electron chi connectivity index (χ2n) is 8.02. The largest absolute Gasteiger partial charge is 0.369 e. The van der Waals surface area contributed by atoms with Crippen LogP contribution in [0.5, 0.6) is 0 Å². The fourth-order valence-corrected chi connectivity index (χ4v) is 5.84. The van der Waals surface area contributed by atoms with Gasteiger partial charge in [0.1, 0.15) is 0 Å². The number of carbonyl (C=O) groups is 1. The van der Waals surface area contributed by atoms with Gasteiger partial charge in [0.05, 0.1) is 17.4 Å². The molecule has 2 fully saturated rings. The third-order valence-corrected chi connectivity index (χ3v) is 7.98. The third kappa shape index (κ3) is 3.91. The van der Waals surface area contributed by atoms with E-state index < -0.39 is 21.1 Å². The van der Waals surface area contributed by atoms with Gasteiger partial charge in [-0.15, -0.1) is 0 Å². The van der Waals surface area contributed by atoms with Crippen molar-refractivity contribution in [2.75, 3.05) is 17.7 Å². The van der Waals surface area contributed by atoms with E-state index in [0.717, 1.165) is 25.5 Å². The number of hydrogen-bond acceptors (Lipinski definition) is 7. The maximum atomic E-state index is 14.4. The minimum absolute atomic E-state index is 0.00245. The van der Waals surface area contributed by atoms with Crippen molar-refractivity contribution in [3.63, 3.8) is 0 Å². The van der Waals surface area contributed by atoms with E-state index in [9.17, 15) is 17.6 Å². The maximum absolute atomic E-state index is 14.4. The lowest BCUT2D eigenvalue weighted by Crippen LogP contribution is -2.42. The van der Waals surface area contributed by atoms with Gasteiger partial charge in [-0.3, -0.25) is 4.79 Å². The number of amides is 1. The Bertz CT molecular complexity index is 1010. The average molecular weight is 437 g/mol. The number of carbonyl (C=O) groups excluding carboxylic acids is 1. The van der Waals surface area contributed by atoms with Crippen molar-refractivity contribution in [1.29, 1.82) is 0 Å². The molecule has 0 aliphatic heterocycles. The second-order valence-corrected chi connectivity index (χ2v) is 10.1. The first-order chi connectivity index (χ1) is 14.3. The summed E-state index contributed by atoms with van der Waals surface area (Å²) >= 11 is 0. The van der Waals surface area contributed by atoms with Crippen LogP contribution in [0.25, 0.3) is 0 Å². The predicted octanol–water partition coefficient (Wildman–Crippen LogP) is 1.10. The minimum Gasteiger partial charge on any atom is -0.369 e. The van der Waals surface area contributed by atoms with Crippen LogP contribution >= 0.6 is 0 Å². The lowest BCUT2D eigenvalue weighted by molar-refractivity contribution is -0.123. The highest BCUT2D eigenvalue weighted by atomic mass is 32.2. The number of halogens is 1. The first kappa shape index (κ1) is 20.7. The molecule has 1 heterocycles. The van der Waals surface area contributed by atoms with E-state index >= 15 is 0 Å². The molecule has 1 unspecified atom stereocenters. The molecule has 1 aromatic rings. The van der Waals surface area contributed by atoms with Gasteiger partial charge in [0.2, 0.25) is 21.9 Å². The molecule has 162 valence electrons. The van der Waals surface area contributed by atoms with Crippen molar-refractivity contribution in [3.8, 4) is 0 Å². The number of anilines is 2. The van der Waals surface area contributed by atoms with Gasteiger partial charge in [-0.05, 0) is 44.2 Å². The van der Waals surface area contributed by atoms with Gasteiger partial charge >= 0.3 is 0 Å². The Morgan fingerprint density at radius 3 is 2.80 bits per heavy atom. The molecular weight excluding hydrogens is 411 g/mol. The van der Waals surface area contributed by atoms with Gasteiger partial charge < -0.3 is 16.4 Å². The molecule has 5 atom stereocenters. The normalized spacial score (nSPS) is 30.2. The van der Waals surface area contributed by atoms with Crippen LogP contribution in [0.2, 0.25) is 0 Å². The van der Waals surface area contributed by atoms with Crippen LogP contribution in [-0.2, 0) is 14.8 Å². The summed E-state index contributed by atoms with van der Waals surface area (Å²) in [4.78, 5) is 20.1. The van der Waals surface area contributed by atoms with Crippen molar-refractivity contribution in [2.24, 2.45) is 23.5 Å². The summed E-state index contributed by atoms with van der Waals surface area (Å²) in [6.45, 7) is 0. The van der Waals surface area contributed by atoms with Gasteiger partial charge in [-0.25, -0.2) is 22.5 Å². The highest BCUT2D eigenvalue weighted by Gasteiger charge is 2.50. The van der Waals surface area contributed by atoms with Crippen molar-refractivity contribution in [1.82, 2.24) is 14.7 Å². The number of aromatic nitrogens is 2. The lowest BCUT2D eigenvalue weighted by atomic mass is 9.84.